The van der Waals surface area contributed by atoms with Crippen molar-refractivity contribution in [2.24, 2.45) is 5.92 Å². The second-order valence-corrected chi connectivity index (χ2v) is 4.74. The number of rotatable bonds is 6. The summed E-state index contributed by atoms with van der Waals surface area (Å²) in [6.45, 7) is 4.58. The van der Waals surface area contributed by atoms with E-state index in [0.717, 1.165) is 25.7 Å². The van der Waals surface area contributed by atoms with Crippen molar-refractivity contribution in [2.45, 2.75) is 52.0 Å². The lowest BCUT2D eigenvalue weighted by atomic mass is 9.84. The predicted molar refractivity (Wildman–Crippen MR) is 65.4 cm³/mol. The molecule has 0 radical (unpaired) electrons. The normalized spacial score (nSPS) is 17.1. The molecule has 1 unspecified atom stereocenters. The molecule has 1 atom stereocenters. The van der Waals surface area contributed by atoms with Gasteiger partial charge in [-0.05, 0) is 26.2 Å². The van der Waals surface area contributed by atoms with Crippen molar-refractivity contribution in [2.75, 3.05) is 13.7 Å². The van der Waals surface area contributed by atoms with Crippen LogP contribution in [0.1, 0.15) is 46.0 Å². The largest absolute Gasteiger partial charge is 0.469 e. The summed E-state index contributed by atoms with van der Waals surface area (Å²) in [7, 11) is 1.38. The zero-order valence-corrected chi connectivity index (χ0v) is 11.1. The number of ether oxygens (including phenoxy) is 1. The molecule has 1 aliphatic carbocycles. The van der Waals surface area contributed by atoms with Crippen LogP contribution in [0, 0.1) is 5.92 Å². The van der Waals surface area contributed by atoms with Crippen molar-refractivity contribution in [1.82, 2.24) is 4.90 Å². The lowest BCUT2D eigenvalue weighted by Crippen LogP contribution is -2.44. The molecule has 1 aliphatic rings. The summed E-state index contributed by atoms with van der Waals surface area (Å²) in [5.41, 5.74) is 0. The predicted octanol–water partition coefficient (Wildman–Crippen LogP) is 1.98. The van der Waals surface area contributed by atoms with Crippen LogP contribution in [0.5, 0.6) is 0 Å². The van der Waals surface area contributed by atoms with E-state index in [2.05, 4.69) is 11.7 Å². The smallest absolute Gasteiger partial charge is 0.307 e. The lowest BCUT2D eigenvalue weighted by molar-refractivity contribution is -0.144. The maximum Gasteiger partial charge on any atom is 0.307 e. The highest BCUT2D eigenvalue weighted by Crippen LogP contribution is 2.29. The Balaban J connectivity index is 2.53. The van der Waals surface area contributed by atoms with E-state index in [9.17, 15) is 9.59 Å². The zero-order chi connectivity index (χ0) is 12.8. The highest BCUT2D eigenvalue weighted by atomic mass is 16.5. The van der Waals surface area contributed by atoms with E-state index < -0.39 is 0 Å². The molecule has 4 heteroatoms. The monoisotopic (exact) mass is 241 g/mol. The van der Waals surface area contributed by atoms with Crippen LogP contribution in [0.15, 0.2) is 0 Å². The first kappa shape index (κ1) is 14.0. The minimum absolute atomic E-state index is 0.196. The summed E-state index contributed by atoms with van der Waals surface area (Å²) in [6, 6.07) is 0.202. The Kier molecular flexibility index (Phi) is 5.45. The summed E-state index contributed by atoms with van der Waals surface area (Å²) in [5, 5.41) is 0. The fraction of sp³-hybridized carbons (Fsp3) is 0.846. The Hall–Kier alpha value is -1.06. The molecule has 0 saturated heterocycles. The van der Waals surface area contributed by atoms with Crippen molar-refractivity contribution in [1.29, 1.82) is 0 Å². The van der Waals surface area contributed by atoms with E-state index in [0.29, 0.717) is 13.0 Å². The van der Waals surface area contributed by atoms with Crippen LogP contribution >= 0.6 is 0 Å². The fourth-order valence-corrected chi connectivity index (χ4v) is 1.97. The molecule has 17 heavy (non-hydrogen) atoms. The van der Waals surface area contributed by atoms with Gasteiger partial charge in [-0.25, -0.2) is 0 Å². The van der Waals surface area contributed by atoms with Gasteiger partial charge in [-0.3, -0.25) is 9.59 Å². The van der Waals surface area contributed by atoms with Crippen molar-refractivity contribution >= 4 is 11.9 Å². The van der Waals surface area contributed by atoms with E-state index in [-0.39, 0.29) is 23.8 Å². The molecule has 0 heterocycles. The Morgan fingerprint density at radius 1 is 1.41 bits per heavy atom. The summed E-state index contributed by atoms with van der Waals surface area (Å²) < 4.78 is 4.62. The van der Waals surface area contributed by atoms with Crippen LogP contribution in [0.25, 0.3) is 0 Å². The fourth-order valence-electron chi connectivity index (χ4n) is 1.97. The van der Waals surface area contributed by atoms with Crippen LogP contribution in [0.3, 0.4) is 0 Å². The number of carbonyl (C=O) groups excluding carboxylic acids is 2. The second-order valence-electron chi connectivity index (χ2n) is 4.74. The number of carbonyl (C=O) groups is 2. The number of nitrogens with zero attached hydrogens (tertiary/aromatic N) is 1. The van der Waals surface area contributed by atoms with Crippen molar-refractivity contribution in [3.8, 4) is 0 Å². The zero-order valence-electron chi connectivity index (χ0n) is 11.1. The summed E-state index contributed by atoms with van der Waals surface area (Å²) in [5.74, 6) is 0.163. The van der Waals surface area contributed by atoms with E-state index in [4.69, 9.17) is 0 Å². The van der Waals surface area contributed by atoms with Crippen molar-refractivity contribution in [3.63, 3.8) is 0 Å². The minimum atomic E-state index is -0.250. The molecule has 4 nitrogen and oxygen atoms in total. The topological polar surface area (TPSA) is 46.6 Å². The molecule has 0 bridgehead atoms. The first-order valence-corrected chi connectivity index (χ1v) is 6.47. The molecular formula is C13H23NO3. The van der Waals surface area contributed by atoms with Gasteiger partial charge in [-0.15, -0.1) is 0 Å². The van der Waals surface area contributed by atoms with Gasteiger partial charge in [0.2, 0.25) is 5.91 Å². The van der Waals surface area contributed by atoms with E-state index >= 15 is 0 Å². The number of amides is 1. The number of esters is 1. The molecular weight excluding hydrogens is 218 g/mol. The van der Waals surface area contributed by atoms with E-state index in [1.165, 1.54) is 7.11 Å². The van der Waals surface area contributed by atoms with Crippen LogP contribution in [-0.4, -0.2) is 36.5 Å². The second kappa shape index (κ2) is 6.62. The van der Waals surface area contributed by atoms with Gasteiger partial charge in [0.15, 0.2) is 0 Å². The maximum atomic E-state index is 12.2. The molecule has 0 aromatic carbocycles. The molecule has 0 aromatic heterocycles. The number of hydrogen-bond acceptors (Lipinski definition) is 3. The highest BCUT2D eigenvalue weighted by molar-refractivity contribution is 5.80. The lowest BCUT2D eigenvalue weighted by Gasteiger charge is -2.35. The molecule has 0 N–H and O–H groups in total. The summed E-state index contributed by atoms with van der Waals surface area (Å²) in [6.07, 6.45) is 4.37. The Bertz CT molecular complexity index is 274. The molecule has 1 saturated carbocycles. The Labute approximate surface area is 103 Å². The van der Waals surface area contributed by atoms with E-state index in [1.807, 2.05) is 11.8 Å². The third-order valence-corrected chi connectivity index (χ3v) is 3.64. The minimum Gasteiger partial charge on any atom is -0.469 e. The van der Waals surface area contributed by atoms with Crippen LogP contribution in [0.4, 0.5) is 0 Å². The standard InChI is InChI=1S/C13H23NO3/c1-4-10(2)14(9-8-12(15)17-3)13(16)11-6-5-7-11/h10-11H,4-9H2,1-3H3. The van der Waals surface area contributed by atoms with Crippen LogP contribution in [-0.2, 0) is 14.3 Å². The van der Waals surface area contributed by atoms with Crippen molar-refractivity contribution < 1.29 is 14.3 Å². The maximum absolute atomic E-state index is 12.2. The number of hydrogen-bond donors (Lipinski definition) is 0. The molecule has 98 valence electrons. The Morgan fingerprint density at radius 2 is 2.06 bits per heavy atom. The van der Waals surface area contributed by atoms with E-state index in [1.54, 1.807) is 0 Å². The van der Waals surface area contributed by atoms with Gasteiger partial charge in [-0.1, -0.05) is 13.3 Å². The average molecular weight is 241 g/mol. The SMILES string of the molecule is CCC(C)N(CCC(=O)OC)C(=O)C1CCC1. The Morgan fingerprint density at radius 3 is 2.47 bits per heavy atom. The van der Waals surface area contributed by atoms with Gasteiger partial charge < -0.3 is 9.64 Å². The average Bonchev–Trinajstić information content (AvgIpc) is 2.26. The van der Waals surface area contributed by atoms with Crippen LogP contribution in [0.2, 0.25) is 0 Å². The van der Waals surface area contributed by atoms with Gasteiger partial charge in [0, 0.05) is 18.5 Å². The summed E-state index contributed by atoms with van der Waals surface area (Å²) >= 11 is 0. The quantitative estimate of drug-likeness (QED) is 0.668. The summed E-state index contributed by atoms with van der Waals surface area (Å²) in [4.78, 5) is 25.2. The molecule has 0 aromatic rings. The van der Waals surface area contributed by atoms with Gasteiger partial charge in [-0.2, -0.15) is 0 Å². The molecule has 0 aliphatic heterocycles. The first-order chi connectivity index (χ1) is 8.10. The molecule has 1 amide bonds. The molecule has 1 fully saturated rings. The third kappa shape index (κ3) is 3.72. The highest BCUT2D eigenvalue weighted by Gasteiger charge is 2.31. The molecule has 0 spiro atoms. The molecule has 1 rings (SSSR count). The van der Waals surface area contributed by atoms with Gasteiger partial charge >= 0.3 is 5.97 Å². The third-order valence-electron chi connectivity index (χ3n) is 3.64. The number of methoxy groups -OCH3 is 1. The van der Waals surface area contributed by atoms with Gasteiger partial charge in [0.25, 0.3) is 0 Å². The first-order valence-electron chi connectivity index (χ1n) is 6.47. The van der Waals surface area contributed by atoms with Gasteiger partial charge in [0.05, 0.1) is 13.5 Å². The van der Waals surface area contributed by atoms with Crippen LogP contribution < -0.4 is 0 Å². The van der Waals surface area contributed by atoms with Gasteiger partial charge in [0.1, 0.15) is 0 Å². The van der Waals surface area contributed by atoms with Crippen molar-refractivity contribution in [3.05, 3.63) is 0 Å².